The van der Waals surface area contributed by atoms with Crippen molar-refractivity contribution in [2.45, 2.75) is 44.7 Å². The van der Waals surface area contributed by atoms with Gasteiger partial charge in [-0.3, -0.25) is 9.59 Å². The fraction of sp³-hybridized carbons (Fsp3) is 0.529. The predicted octanol–water partition coefficient (Wildman–Crippen LogP) is 2.23. The Morgan fingerprint density at radius 2 is 2.14 bits per heavy atom. The molecule has 1 saturated carbocycles. The van der Waals surface area contributed by atoms with Crippen molar-refractivity contribution in [2.75, 3.05) is 6.54 Å². The van der Waals surface area contributed by atoms with Crippen LogP contribution in [0.15, 0.2) is 24.3 Å². The molecule has 0 radical (unpaired) electrons. The van der Waals surface area contributed by atoms with E-state index in [2.05, 4.69) is 5.32 Å². The van der Waals surface area contributed by atoms with Gasteiger partial charge in [0.25, 0.3) is 0 Å². The molecule has 5 heteroatoms. The summed E-state index contributed by atoms with van der Waals surface area (Å²) in [4.78, 5) is 26.0. The molecular weight excluding hydrogens is 283 g/mol. The summed E-state index contributed by atoms with van der Waals surface area (Å²) in [5, 5.41) is 3.06. The van der Waals surface area contributed by atoms with E-state index in [1.807, 2.05) is 0 Å². The number of rotatable bonds is 4. The van der Waals surface area contributed by atoms with Gasteiger partial charge in [0.1, 0.15) is 5.82 Å². The number of carbonyl (C=O) groups is 2. The van der Waals surface area contributed by atoms with Crippen LogP contribution in [0.4, 0.5) is 4.39 Å². The average molecular weight is 304 g/mol. The highest BCUT2D eigenvalue weighted by atomic mass is 19.1. The van der Waals surface area contributed by atoms with Gasteiger partial charge in [0.2, 0.25) is 11.8 Å². The van der Waals surface area contributed by atoms with Crippen LogP contribution in [0.25, 0.3) is 0 Å². The van der Waals surface area contributed by atoms with E-state index < -0.39 is 0 Å². The molecule has 3 rings (SSSR count). The number of amides is 2. The van der Waals surface area contributed by atoms with Crippen molar-refractivity contribution in [3.05, 3.63) is 35.6 Å². The third kappa shape index (κ3) is 3.46. The van der Waals surface area contributed by atoms with Gasteiger partial charge in [0.05, 0.1) is 5.92 Å². The number of nitrogens with one attached hydrogen (secondary N) is 1. The number of nitrogens with zero attached hydrogens (tertiary/aromatic N) is 1. The molecule has 1 N–H and O–H groups in total. The van der Waals surface area contributed by atoms with Gasteiger partial charge in [-0.15, -0.1) is 0 Å². The number of piperidine rings is 1. The van der Waals surface area contributed by atoms with Gasteiger partial charge in [-0.2, -0.15) is 0 Å². The molecule has 1 aromatic rings. The molecule has 1 aliphatic heterocycles. The zero-order valence-electron chi connectivity index (χ0n) is 12.6. The van der Waals surface area contributed by atoms with Gasteiger partial charge >= 0.3 is 0 Å². The molecule has 1 saturated heterocycles. The minimum atomic E-state index is -0.304. The summed E-state index contributed by atoms with van der Waals surface area (Å²) >= 11 is 0. The lowest BCUT2D eigenvalue weighted by Crippen LogP contribution is -2.49. The molecule has 1 aliphatic carbocycles. The second kappa shape index (κ2) is 6.46. The van der Waals surface area contributed by atoms with Crippen molar-refractivity contribution in [1.82, 2.24) is 10.2 Å². The first-order chi connectivity index (χ1) is 10.6. The highest BCUT2D eigenvalue weighted by Gasteiger charge is 2.32. The topological polar surface area (TPSA) is 49.4 Å². The number of hydrogen-bond acceptors (Lipinski definition) is 2. The fourth-order valence-electron chi connectivity index (χ4n) is 3.01. The molecule has 2 fully saturated rings. The van der Waals surface area contributed by atoms with Gasteiger partial charge < -0.3 is 10.2 Å². The van der Waals surface area contributed by atoms with E-state index >= 15 is 0 Å². The van der Waals surface area contributed by atoms with Crippen molar-refractivity contribution >= 4 is 11.8 Å². The molecule has 0 unspecified atom stereocenters. The third-order valence-electron chi connectivity index (χ3n) is 4.58. The van der Waals surface area contributed by atoms with Crippen LogP contribution in [0.2, 0.25) is 0 Å². The lowest BCUT2D eigenvalue weighted by Gasteiger charge is -2.34. The van der Waals surface area contributed by atoms with E-state index in [1.165, 1.54) is 18.6 Å². The molecule has 2 amide bonds. The van der Waals surface area contributed by atoms with Gasteiger partial charge in [0, 0.05) is 25.6 Å². The number of benzene rings is 1. The second-order valence-electron chi connectivity index (χ2n) is 6.28. The summed E-state index contributed by atoms with van der Waals surface area (Å²) in [7, 11) is 0. The summed E-state index contributed by atoms with van der Waals surface area (Å²) in [6, 6.07) is 6.58. The smallest absolute Gasteiger partial charge is 0.225 e. The highest BCUT2D eigenvalue weighted by Crippen LogP contribution is 2.23. The van der Waals surface area contributed by atoms with Crippen molar-refractivity contribution in [2.24, 2.45) is 5.92 Å². The lowest BCUT2D eigenvalue weighted by atomic mass is 9.91. The Morgan fingerprint density at radius 3 is 2.82 bits per heavy atom. The van der Waals surface area contributed by atoms with E-state index in [1.54, 1.807) is 17.0 Å². The van der Waals surface area contributed by atoms with Gasteiger partial charge in [-0.1, -0.05) is 12.1 Å². The van der Waals surface area contributed by atoms with E-state index in [0.717, 1.165) is 18.4 Å². The molecule has 22 heavy (non-hydrogen) atoms. The van der Waals surface area contributed by atoms with Crippen molar-refractivity contribution in [3.63, 3.8) is 0 Å². The standard InChI is InChI=1S/C17H21FN2O2/c18-14-4-1-3-12(9-14)10-20-11-13(7-8-16(20)21)17(22)19-15-5-2-6-15/h1,3-4,9,13,15H,2,5-8,10-11H2,(H,19,22)/t13-/m1/s1. The molecule has 0 aromatic heterocycles. The van der Waals surface area contributed by atoms with Gasteiger partial charge in [-0.25, -0.2) is 4.39 Å². The molecule has 2 aliphatic rings. The van der Waals surface area contributed by atoms with Crippen molar-refractivity contribution < 1.29 is 14.0 Å². The Bertz CT molecular complexity index is 572. The van der Waals surface area contributed by atoms with Crippen molar-refractivity contribution in [1.29, 1.82) is 0 Å². The Morgan fingerprint density at radius 1 is 1.32 bits per heavy atom. The quantitative estimate of drug-likeness (QED) is 0.927. The van der Waals surface area contributed by atoms with Crippen LogP contribution in [0.5, 0.6) is 0 Å². The highest BCUT2D eigenvalue weighted by molar-refractivity contribution is 5.84. The normalized spacial score (nSPS) is 22.3. The Hall–Kier alpha value is -1.91. The lowest BCUT2D eigenvalue weighted by molar-refractivity contribution is -0.139. The summed E-state index contributed by atoms with van der Waals surface area (Å²) in [5.74, 6) is -0.355. The fourth-order valence-corrected chi connectivity index (χ4v) is 3.01. The predicted molar refractivity (Wildman–Crippen MR) is 80.3 cm³/mol. The summed E-state index contributed by atoms with van der Waals surface area (Å²) in [6.45, 7) is 0.789. The van der Waals surface area contributed by atoms with Crippen LogP contribution in [0.3, 0.4) is 0 Å². The minimum Gasteiger partial charge on any atom is -0.353 e. The molecular formula is C17H21FN2O2. The van der Waals surface area contributed by atoms with E-state index in [-0.39, 0.29) is 23.5 Å². The molecule has 1 aromatic carbocycles. The largest absolute Gasteiger partial charge is 0.353 e. The van der Waals surface area contributed by atoms with Crippen LogP contribution in [0, 0.1) is 11.7 Å². The SMILES string of the molecule is O=C(NC1CCC1)[C@@H]1CCC(=O)N(Cc2cccc(F)c2)C1. The molecule has 0 spiro atoms. The zero-order valence-corrected chi connectivity index (χ0v) is 12.6. The number of carbonyl (C=O) groups excluding carboxylic acids is 2. The second-order valence-corrected chi connectivity index (χ2v) is 6.28. The van der Waals surface area contributed by atoms with Crippen LogP contribution in [-0.4, -0.2) is 29.3 Å². The van der Waals surface area contributed by atoms with Crippen LogP contribution in [-0.2, 0) is 16.1 Å². The average Bonchev–Trinajstić information content (AvgIpc) is 2.45. The monoisotopic (exact) mass is 304 g/mol. The first kappa shape index (κ1) is 15.0. The zero-order chi connectivity index (χ0) is 15.5. The maximum atomic E-state index is 13.2. The number of halogens is 1. The first-order valence-corrected chi connectivity index (χ1v) is 7.94. The summed E-state index contributed by atoms with van der Waals surface area (Å²) in [6.07, 6.45) is 4.30. The maximum absolute atomic E-state index is 13.2. The summed E-state index contributed by atoms with van der Waals surface area (Å²) in [5.41, 5.74) is 0.758. The van der Waals surface area contributed by atoms with Gasteiger partial charge in [0.15, 0.2) is 0 Å². The number of hydrogen-bond donors (Lipinski definition) is 1. The van der Waals surface area contributed by atoms with E-state index in [0.29, 0.717) is 32.0 Å². The Kier molecular flexibility index (Phi) is 4.41. The molecule has 4 nitrogen and oxygen atoms in total. The Labute approximate surface area is 129 Å². The first-order valence-electron chi connectivity index (χ1n) is 7.94. The molecule has 1 atom stereocenters. The van der Waals surface area contributed by atoms with Crippen LogP contribution >= 0.6 is 0 Å². The third-order valence-corrected chi connectivity index (χ3v) is 4.58. The maximum Gasteiger partial charge on any atom is 0.225 e. The van der Waals surface area contributed by atoms with Crippen LogP contribution in [0.1, 0.15) is 37.7 Å². The van der Waals surface area contributed by atoms with Gasteiger partial charge in [-0.05, 0) is 43.4 Å². The van der Waals surface area contributed by atoms with E-state index in [9.17, 15) is 14.0 Å². The number of likely N-dealkylation sites (tertiary alicyclic amines) is 1. The minimum absolute atomic E-state index is 0.0388. The molecule has 118 valence electrons. The molecule has 0 bridgehead atoms. The van der Waals surface area contributed by atoms with E-state index in [4.69, 9.17) is 0 Å². The van der Waals surface area contributed by atoms with Crippen LogP contribution < -0.4 is 5.32 Å². The summed E-state index contributed by atoms with van der Waals surface area (Å²) < 4.78 is 13.2. The molecule has 1 heterocycles. The Balaban J connectivity index is 1.60. The van der Waals surface area contributed by atoms with Crippen molar-refractivity contribution in [3.8, 4) is 0 Å².